The average Bonchev–Trinajstić information content (AvgIpc) is 2.35. The smallest absolute Gasteiger partial charge is 0.225 e. The van der Waals surface area contributed by atoms with Gasteiger partial charge in [-0.05, 0) is 34.3 Å². The highest BCUT2D eigenvalue weighted by Crippen LogP contribution is 2.12. The molecule has 0 unspecified atom stereocenters. The van der Waals surface area contributed by atoms with Gasteiger partial charge in [0.05, 0.1) is 0 Å². The quantitative estimate of drug-likeness (QED) is 0.658. The van der Waals surface area contributed by atoms with Crippen molar-refractivity contribution in [3.05, 3.63) is 46.6 Å². The molecule has 0 atom stereocenters. The van der Waals surface area contributed by atoms with Gasteiger partial charge in [-0.15, -0.1) is 0 Å². The van der Waals surface area contributed by atoms with Gasteiger partial charge in [0.1, 0.15) is 10.4 Å². The van der Waals surface area contributed by atoms with E-state index in [1.165, 1.54) is 5.56 Å². The summed E-state index contributed by atoms with van der Waals surface area (Å²) in [6.07, 6.45) is 2.07. The van der Waals surface area contributed by atoms with Crippen molar-refractivity contribution in [1.82, 2.24) is 9.97 Å². The van der Waals surface area contributed by atoms with E-state index in [2.05, 4.69) is 55.5 Å². The largest absolute Gasteiger partial charge is 0.383 e. The Morgan fingerprint density at radius 1 is 1.17 bits per heavy atom. The Bertz CT molecular complexity index is 481. The van der Waals surface area contributed by atoms with E-state index in [4.69, 9.17) is 5.73 Å². The van der Waals surface area contributed by atoms with Crippen molar-refractivity contribution < 1.29 is 0 Å². The molecular formula is C13H15BrN4. The first-order chi connectivity index (χ1) is 8.74. The predicted octanol–water partition coefficient (Wildman–Crippen LogP) is 2.87. The third-order valence-electron chi connectivity index (χ3n) is 2.48. The molecule has 0 aliphatic heterocycles. The molecule has 0 spiro atoms. The van der Waals surface area contributed by atoms with Crippen LogP contribution in [0.25, 0.3) is 0 Å². The Kier molecular flexibility index (Phi) is 4.52. The van der Waals surface area contributed by atoms with Crippen LogP contribution in [-0.2, 0) is 6.42 Å². The number of nitrogens with two attached hydrogens (primary N) is 1. The molecule has 3 N–H and O–H groups in total. The van der Waals surface area contributed by atoms with E-state index in [0.29, 0.717) is 16.4 Å². The minimum atomic E-state index is 0.461. The number of rotatable bonds is 5. The van der Waals surface area contributed by atoms with Crippen LogP contribution in [0.4, 0.5) is 11.8 Å². The van der Waals surface area contributed by atoms with Gasteiger partial charge in [0, 0.05) is 12.6 Å². The monoisotopic (exact) mass is 306 g/mol. The van der Waals surface area contributed by atoms with Crippen LogP contribution >= 0.6 is 15.9 Å². The number of nitrogen functional groups attached to an aromatic ring is 1. The fraction of sp³-hybridized carbons (Fsp3) is 0.231. The van der Waals surface area contributed by atoms with Crippen LogP contribution in [0.15, 0.2) is 41.0 Å². The lowest BCUT2D eigenvalue weighted by atomic mass is 10.1. The van der Waals surface area contributed by atoms with E-state index in [1.807, 2.05) is 6.07 Å². The summed E-state index contributed by atoms with van der Waals surface area (Å²) in [6, 6.07) is 12.1. The molecule has 0 fully saturated rings. The second kappa shape index (κ2) is 6.35. The minimum absolute atomic E-state index is 0.461. The number of benzene rings is 1. The first-order valence-electron chi connectivity index (χ1n) is 5.82. The summed E-state index contributed by atoms with van der Waals surface area (Å²) in [6.45, 7) is 0.824. The van der Waals surface area contributed by atoms with Gasteiger partial charge in [-0.3, -0.25) is 0 Å². The van der Waals surface area contributed by atoms with Crippen molar-refractivity contribution in [2.45, 2.75) is 12.8 Å². The molecule has 0 bridgehead atoms. The molecule has 5 heteroatoms. The van der Waals surface area contributed by atoms with E-state index in [0.717, 1.165) is 19.4 Å². The molecule has 1 heterocycles. The number of nitrogens with one attached hydrogen (secondary N) is 1. The predicted molar refractivity (Wildman–Crippen MR) is 77.4 cm³/mol. The molecular weight excluding hydrogens is 292 g/mol. The second-order valence-corrected chi connectivity index (χ2v) is 4.77. The van der Waals surface area contributed by atoms with Gasteiger partial charge in [0.15, 0.2) is 0 Å². The molecule has 0 aliphatic rings. The van der Waals surface area contributed by atoms with Crippen molar-refractivity contribution >= 4 is 27.7 Å². The Balaban J connectivity index is 1.78. The topological polar surface area (TPSA) is 63.8 Å². The van der Waals surface area contributed by atoms with Crippen molar-refractivity contribution in [2.75, 3.05) is 17.6 Å². The Hall–Kier alpha value is -1.62. The summed E-state index contributed by atoms with van der Waals surface area (Å²) in [5.74, 6) is 1.03. The molecule has 0 saturated heterocycles. The number of aryl methyl sites for hydroxylation is 1. The van der Waals surface area contributed by atoms with Crippen molar-refractivity contribution in [3.63, 3.8) is 0 Å². The number of nitrogens with zero attached hydrogens (tertiary/aromatic N) is 2. The minimum Gasteiger partial charge on any atom is -0.383 e. The van der Waals surface area contributed by atoms with Gasteiger partial charge < -0.3 is 11.1 Å². The zero-order chi connectivity index (χ0) is 12.8. The maximum absolute atomic E-state index is 5.63. The van der Waals surface area contributed by atoms with E-state index in [-0.39, 0.29) is 0 Å². The van der Waals surface area contributed by atoms with Gasteiger partial charge in [-0.2, -0.15) is 4.98 Å². The maximum Gasteiger partial charge on any atom is 0.225 e. The molecule has 0 aliphatic carbocycles. The number of hydrogen-bond donors (Lipinski definition) is 2. The fourth-order valence-corrected chi connectivity index (χ4v) is 2.05. The lowest BCUT2D eigenvalue weighted by molar-refractivity contribution is 0.852. The highest BCUT2D eigenvalue weighted by atomic mass is 79.9. The summed E-state index contributed by atoms with van der Waals surface area (Å²) < 4.78 is 0.695. The Labute approximate surface area is 115 Å². The summed E-state index contributed by atoms with van der Waals surface area (Å²) in [5, 5.41) is 3.16. The van der Waals surface area contributed by atoms with Crippen LogP contribution in [0.1, 0.15) is 12.0 Å². The zero-order valence-electron chi connectivity index (χ0n) is 9.94. The first-order valence-corrected chi connectivity index (χ1v) is 6.61. The molecule has 4 nitrogen and oxygen atoms in total. The van der Waals surface area contributed by atoms with Crippen molar-refractivity contribution in [2.24, 2.45) is 0 Å². The van der Waals surface area contributed by atoms with Crippen LogP contribution < -0.4 is 11.1 Å². The van der Waals surface area contributed by atoms with Gasteiger partial charge in [0.2, 0.25) is 5.95 Å². The van der Waals surface area contributed by atoms with Gasteiger partial charge >= 0.3 is 0 Å². The number of halogens is 1. The highest BCUT2D eigenvalue weighted by molar-refractivity contribution is 9.10. The third-order valence-corrected chi connectivity index (χ3v) is 2.89. The lowest BCUT2D eigenvalue weighted by Crippen LogP contribution is -2.07. The molecule has 2 aromatic rings. The van der Waals surface area contributed by atoms with E-state index < -0.39 is 0 Å². The molecule has 0 saturated carbocycles. The van der Waals surface area contributed by atoms with Gasteiger partial charge in [0.25, 0.3) is 0 Å². The van der Waals surface area contributed by atoms with Crippen LogP contribution in [0.2, 0.25) is 0 Å². The van der Waals surface area contributed by atoms with Gasteiger partial charge in [-0.1, -0.05) is 30.3 Å². The highest BCUT2D eigenvalue weighted by Gasteiger charge is 1.99. The standard InChI is InChI=1S/C13H15BrN4/c14-11-9-12(15)18-13(17-11)16-8-4-7-10-5-2-1-3-6-10/h1-3,5-6,9H,4,7-8H2,(H3,15,16,17,18). The number of anilines is 2. The normalized spacial score (nSPS) is 10.3. The molecule has 94 valence electrons. The third kappa shape index (κ3) is 4.00. The van der Waals surface area contributed by atoms with Gasteiger partial charge in [-0.25, -0.2) is 4.98 Å². The van der Waals surface area contributed by atoms with Crippen LogP contribution in [0.5, 0.6) is 0 Å². The van der Waals surface area contributed by atoms with E-state index >= 15 is 0 Å². The Morgan fingerprint density at radius 2 is 1.94 bits per heavy atom. The molecule has 1 aromatic carbocycles. The van der Waals surface area contributed by atoms with Crippen LogP contribution in [-0.4, -0.2) is 16.5 Å². The maximum atomic E-state index is 5.63. The molecule has 18 heavy (non-hydrogen) atoms. The summed E-state index contributed by atoms with van der Waals surface area (Å²) in [7, 11) is 0. The summed E-state index contributed by atoms with van der Waals surface area (Å²) in [5.41, 5.74) is 6.98. The molecule has 1 aromatic heterocycles. The zero-order valence-corrected chi connectivity index (χ0v) is 11.5. The van der Waals surface area contributed by atoms with Crippen molar-refractivity contribution in [3.8, 4) is 0 Å². The first kappa shape index (κ1) is 12.8. The van der Waals surface area contributed by atoms with Crippen molar-refractivity contribution in [1.29, 1.82) is 0 Å². The molecule has 0 radical (unpaired) electrons. The van der Waals surface area contributed by atoms with E-state index in [1.54, 1.807) is 6.07 Å². The Morgan fingerprint density at radius 3 is 2.67 bits per heavy atom. The van der Waals surface area contributed by atoms with Crippen LogP contribution in [0, 0.1) is 0 Å². The average molecular weight is 307 g/mol. The second-order valence-electron chi connectivity index (χ2n) is 3.96. The summed E-state index contributed by atoms with van der Waals surface area (Å²) in [4.78, 5) is 8.30. The fourth-order valence-electron chi connectivity index (χ4n) is 1.65. The lowest BCUT2D eigenvalue weighted by Gasteiger charge is -2.06. The SMILES string of the molecule is Nc1cc(Br)nc(NCCCc2ccccc2)n1. The van der Waals surface area contributed by atoms with E-state index in [9.17, 15) is 0 Å². The molecule has 0 amide bonds. The summed E-state index contributed by atoms with van der Waals surface area (Å²) >= 11 is 3.29. The molecule has 2 rings (SSSR count). The number of aromatic nitrogens is 2. The van der Waals surface area contributed by atoms with Crippen LogP contribution in [0.3, 0.4) is 0 Å². The number of hydrogen-bond acceptors (Lipinski definition) is 4.